The van der Waals surface area contributed by atoms with Gasteiger partial charge in [-0.05, 0) is 61.5 Å². The van der Waals surface area contributed by atoms with Gasteiger partial charge < -0.3 is 25.1 Å². The van der Waals surface area contributed by atoms with Crippen LogP contribution >= 0.6 is 11.3 Å². The second kappa shape index (κ2) is 12.2. The number of aliphatic hydroxyl groups excluding tert-OH is 1. The number of rotatable bonds is 11. The van der Waals surface area contributed by atoms with Crippen LogP contribution in [-0.2, 0) is 9.84 Å². The van der Waals surface area contributed by atoms with E-state index in [4.69, 9.17) is 19.9 Å². The highest BCUT2D eigenvalue weighted by atomic mass is 32.2. The summed E-state index contributed by atoms with van der Waals surface area (Å²) in [6.45, 7) is 1.41. The molecule has 3 aromatic carbocycles. The van der Waals surface area contributed by atoms with Crippen LogP contribution in [0.3, 0.4) is 0 Å². The Morgan fingerprint density at radius 1 is 0.975 bits per heavy atom. The molecule has 2 amide bonds. The maximum atomic E-state index is 13.1. The van der Waals surface area contributed by atoms with Gasteiger partial charge in [-0.25, -0.2) is 13.4 Å². The van der Waals surface area contributed by atoms with Gasteiger partial charge in [0.05, 0.1) is 17.7 Å². The van der Waals surface area contributed by atoms with Crippen molar-refractivity contribution in [1.82, 2.24) is 4.98 Å². The molecule has 4 rings (SSSR count). The molecule has 0 unspecified atom stereocenters. The number of nitrogens with one attached hydrogen (secondary N) is 1. The average molecular weight is 584 g/mol. The predicted molar refractivity (Wildman–Crippen MR) is 148 cm³/mol. The molecule has 0 spiro atoms. The van der Waals surface area contributed by atoms with E-state index < -0.39 is 27.8 Å². The van der Waals surface area contributed by atoms with Gasteiger partial charge >= 0.3 is 0 Å². The number of hydrogen-bond acceptors (Lipinski definition) is 10. The number of amides is 2. The van der Waals surface area contributed by atoms with Gasteiger partial charge in [0.25, 0.3) is 5.91 Å². The monoisotopic (exact) mass is 583 g/mol. The number of sulfone groups is 1. The smallest absolute Gasteiger partial charge is 0.257 e. The number of anilines is 1. The van der Waals surface area contributed by atoms with Crippen LogP contribution in [0, 0.1) is 0 Å². The third kappa shape index (κ3) is 7.56. The Balaban J connectivity index is 1.52. The Bertz CT molecular complexity index is 1640. The van der Waals surface area contributed by atoms with Crippen LogP contribution in [0.25, 0.3) is 0 Å². The van der Waals surface area contributed by atoms with E-state index in [1.807, 2.05) is 0 Å². The Labute approximate surface area is 234 Å². The van der Waals surface area contributed by atoms with Crippen LogP contribution in [0.5, 0.6) is 28.1 Å². The number of carbonyl (C=O) groups is 2. The first-order valence-electron chi connectivity index (χ1n) is 11.8. The van der Waals surface area contributed by atoms with Crippen molar-refractivity contribution in [2.75, 3.05) is 18.2 Å². The van der Waals surface area contributed by atoms with Gasteiger partial charge in [0, 0.05) is 23.4 Å². The van der Waals surface area contributed by atoms with Crippen molar-refractivity contribution in [2.45, 2.75) is 17.9 Å². The normalized spacial score (nSPS) is 11.9. The second-order valence-electron chi connectivity index (χ2n) is 8.58. The minimum Gasteiger partial charge on any atom is -0.488 e. The number of carbonyl (C=O) groups excluding carboxylic acids is 2. The molecule has 1 aromatic heterocycles. The summed E-state index contributed by atoms with van der Waals surface area (Å²) in [4.78, 5) is 28.8. The molecule has 4 N–H and O–H groups in total. The molecule has 1 atom stereocenters. The number of nitrogens with two attached hydrogens (primary N) is 1. The lowest BCUT2D eigenvalue weighted by atomic mass is 10.2. The van der Waals surface area contributed by atoms with Crippen molar-refractivity contribution in [3.05, 3.63) is 84.1 Å². The number of hydrogen-bond donors (Lipinski definition) is 3. The first kappa shape index (κ1) is 28.5. The Kier molecular flexibility index (Phi) is 8.67. The lowest BCUT2D eigenvalue weighted by Gasteiger charge is -2.15. The Hall–Kier alpha value is -4.46. The summed E-state index contributed by atoms with van der Waals surface area (Å²) in [7, 11) is -3.37. The number of aromatic nitrogens is 1. The summed E-state index contributed by atoms with van der Waals surface area (Å²) in [6, 6.07) is 16.7. The molecule has 1 heterocycles. The minimum atomic E-state index is -3.37. The van der Waals surface area contributed by atoms with E-state index in [2.05, 4.69) is 10.3 Å². The maximum absolute atomic E-state index is 13.1. The first-order valence-corrected chi connectivity index (χ1v) is 14.5. The SMILES string of the molecule is C[C@@H](CO)Oc1cc(Oc2ccc(S(C)(=O)=O)cc2)cc(C(=O)Nc2ncc(Oc3cccc(C(N)=O)c3)s2)c1. The molecule has 208 valence electrons. The number of ether oxygens (including phenoxy) is 3. The van der Waals surface area contributed by atoms with Gasteiger partial charge in [0.1, 0.15) is 29.1 Å². The van der Waals surface area contributed by atoms with Crippen molar-refractivity contribution in [3.8, 4) is 28.1 Å². The zero-order valence-corrected chi connectivity index (χ0v) is 23.0. The quantitative estimate of drug-likeness (QED) is 0.234. The number of primary amides is 1. The molecule has 13 heteroatoms. The van der Waals surface area contributed by atoms with Crippen LogP contribution in [0.4, 0.5) is 5.13 Å². The van der Waals surface area contributed by atoms with Gasteiger partial charge in [-0.2, -0.15) is 0 Å². The average Bonchev–Trinajstić information content (AvgIpc) is 3.34. The predicted octanol–water partition coefficient (Wildman–Crippen LogP) is 4.24. The fraction of sp³-hybridized carbons (Fsp3) is 0.148. The van der Waals surface area contributed by atoms with Crippen LogP contribution in [0.1, 0.15) is 27.6 Å². The molecule has 40 heavy (non-hydrogen) atoms. The first-order chi connectivity index (χ1) is 19.0. The maximum Gasteiger partial charge on any atom is 0.257 e. The van der Waals surface area contributed by atoms with E-state index in [9.17, 15) is 23.1 Å². The number of nitrogens with zero attached hydrogens (tertiary/aromatic N) is 1. The van der Waals surface area contributed by atoms with Crippen molar-refractivity contribution >= 4 is 38.1 Å². The number of thiazole rings is 1. The van der Waals surface area contributed by atoms with Gasteiger partial charge in [-0.3, -0.25) is 14.9 Å². The highest BCUT2D eigenvalue weighted by Gasteiger charge is 2.16. The van der Waals surface area contributed by atoms with Gasteiger partial charge in [0.2, 0.25) is 11.0 Å². The second-order valence-corrected chi connectivity index (χ2v) is 11.6. The molecule has 0 saturated heterocycles. The van der Waals surface area contributed by atoms with Crippen LogP contribution in [-0.4, -0.2) is 49.3 Å². The molecule has 4 aromatic rings. The molecule has 0 bridgehead atoms. The number of aliphatic hydroxyl groups is 1. The van der Waals surface area contributed by atoms with Gasteiger partial charge in [-0.15, -0.1) is 0 Å². The lowest BCUT2D eigenvalue weighted by molar-refractivity contribution is 0.0997. The highest BCUT2D eigenvalue weighted by Crippen LogP contribution is 2.32. The van der Waals surface area contributed by atoms with E-state index in [1.165, 1.54) is 48.7 Å². The van der Waals surface area contributed by atoms with E-state index in [-0.39, 0.29) is 39.3 Å². The summed E-state index contributed by atoms with van der Waals surface area (Å²) in [5.41, 5.74) is 5.77. The fourth-order valence-electron chi connectivity index (χ4n) is 3.35. The number of benzene rings is 3. The molecule has 0 radical (unpaired) electrons. The van der Waals surface area contributed by atoms with Crippen LogP contribution in [0.2, 0.25) is 0 Å². The standard InChI is InChI=1S/C27H25N3O8S2/c1-16(15-31)36-21-11-18(12-22(13-21)37-19-6-8-23(9-7-19)40(2,34)35)26(33)30-27-29-14-24(39-27)38-20-5-3-4-17(10-20)25(28)32/h3-14,16,31H,15H2,1-2H3,(H2,28,32)(H,29,30,33)/t16-/m0/s1. The molecular weight excluding hydrogens is 558 g/mol. The van der Waals surface area contributed by atoms with Gasteiger partial charge in [-0.1, -0.05) is 17.4 Å². The van der Waals surface area contributed by atoms with E-state index >= 15 is 0 Å². The van der Waals surface area contributed by atoms with Gasteiger partial charge in [0.15, 0.2) is 15.0 Å². The molecule has 11 nitrogen and oxygen atoms in total. The van der Waals surface area contributed by atoms with Crippen molar-refractivity contribution in [3.63, 3.8) is 0 Å². The topological polar surface area (TPSA) is 167 Å². The summed E-state index contributed by atoms with van der Waals surface area (Å²) in [5.74, 6) is 0.139. The summed E-state index contributed by atoms with van der Waals surface area (Å²) < 4.78 is 40.7. The lowest BCUT2D eigenvalue weighted by Crippen LogP contribution is -2.17. The van der Waals surface area contributed by atoms with Crippen molar-refractivity contribution in [1.29, 1.82) is 0 Å². The molecule has 0 saturated carbocycles. The largest absolute Gasteiger partial charge is 0.488 e. The van der Waals surface area contributed by atoms with E-state index in [0.717, 1.165) is 17.6 Å². The van der Waals surface area contributed by atoms with E-state index in [1.54, 1.807) is 31.2 Å². The highest BCUT2D eigenvalue weighted by molar-refractivity contribution is 7.90. The molecular formula is C27H25N3O8S2. The molecule has 0 aliphatic rings. The molecule has 0 fully saturated rings. The van der Waals surface area contributed by atoms with Crippen molar-refractivity contribution < 1.29 is 37.3 Å². The summed E-state index contributed by atoms with van der Waals surface area (Å²) >= 11 is 1.07. The zero-order valence-electron chi connectivity index (χ0n) is 21.4. The Morgan fingerprint density at radius 2 is 1.68 bits per heavy atom. The van der Waals surface area contributed by atoms with Crippen molar-refractivity contribution in [2.24, 2.45) is 5.73 Å². The summed E-state index contributed by atoms with van der Waals surface area (Å²) in [6.07, 6.45) is 1.98. The molecule has 0 aliphatic carbocycles. The van der Waals surface area contributed by atoms with Crippen LogP contribution in [0.15, 0.2) is 77.8 Å². The molecule has 0 aliphatic heterocycles. The third-order valence-corrected chi connectivity index (χ3v) is 7.19. The van der Waals surface area contributed by atoms with Crippen LogP contribution < -0.4 is 25.3 Å². The summed E-state index contributed by atoms with van der Waals surface area (Å²) in [5, 5.41) is 12.7. The Morgan fingerprint density at radius 3 is 2.35 bits per heavy atom. The zero-order chi connectivity index (χ0) is 28.9. The third-order valence-electron chi connectivity index (χ3n) is 5.27. The minimum absolute atomic E-state index is 0.140. The fourth-order valence-corrected chi connectivity index (χ4v) is 4.67. The van der Waals surface area contributed by atoms with E-state index in [0.29, 0.717) is 16.6 Å².